The number of hydrogen-bond donors (Lipinski definition) is 0. The Morgan fingerprint density at radius 2 is 1.94 bits per heavy atom. The predicted molar refractivity (Wildman–Crippen MR) is 73.9 cm³/mol. The van der Waals surface area contributed by atoms with Crippen molar-refractivity contribution in [3.05, 3.63) is 34.3 Å². The van der Waals surface area contributed by atoms with Crippen molar-refractivity contribution in [3.63, 3.8) is 0 Å². The molecule has 1 unspecified atom stereocenters. The van der Waals surface area contributed by atoms with Crippen molar-refractivity contribution in [2.75, 3.05) is 13.6 Å². The van der Waals surface area contributed by atoms with Gasteiger partial charge in [-0.1, -0.05) is 50.9 Å². The van der Waals surface area contributed by atoms with Gasteiger partial charge in [0, 0.05) is 22.9 Å². The van der Waals surface area contributed by atoms with E-state index in [1.165, 1.54) is 0 Å². The number of carbonyl (C=O) groups excluding carboxylic acids is 1. The van der Waals surface area contributed by atoms with E-state index in [1.54, 1.807) is 4.90 Å². The Balaban J connectivity index is 2.54. The highest BCUT2D eigenvalue weighted by Gasteiger charge is 2.11. The van der Waals surface area contributed by atoms with Crippen molar-refractivity contribution in [1.82, 2.24) is 4.90 Å². The van der Waals surface area contributed by atoms with Gasteiger partial charge >= 0.3 is 0 Å². The molecule has 0 N–H and O–H groups in total. The number of nitrogens with zero attached hydrogens (tertiary/aromatic N) is 1. The van der Waals surface area contributed by atoms with Gasteiger partial charge in [0.1, 0.15) is 0 Å². The zero-order valence-corrected chi connectivity index (χ0v) is 12.6. The van der Waals surface area contributed by atoms with Gasteiger partial charge in [0.25, 0.3) is 0 Å². The predicted octanol–water partition coefficient (Wildman–Crippen LogP) is 3.23. The fourth-order valence-electron chi connectivity index (χ4n) is 1.39. The van der Waals surface area contributed by atoms with Gasteiger partial charge in [0.15, 0.2) is 0 Å². The summed E-state index contributed by atoms with van der Waals surface area (Å²) in [4.78, 5) is 13.9. The molecule has 1 aromatic rings. The van der Waals surface area contributed by atoms with E-state index in [2.05, 4.69) is 31.9 Å². The first-order valence-electron chi connectivity index (χ1n) is 5.11. The molecule has 0 radical (unpaired) electrons. The Morgan fingerprint density at radius 1 is 1.38 bits per heavy atom. The fraction of sp³-hybridized carbons (Fsp3) is 0.417. The molecule has 0 heterocycles. The minimum Gasteiger partial charge on any atom is -0.344 e. The molecule has 0 aliphatic carbocycles. The monoisotopic (exact) mass is 347 g/mol. The topological polar surface area (TPSA) is 20.3 Å². The molecule has 88 valence electrons. The highest BCUT2D eigenvalue weighted by molar-refractivity contribution is 9.10. The number of halogens is 2. The normalized spacial score (nSPS) is 12.2. The molecule has 1 aromatic carbocycles. The average molecular weight is 349 g/mol. The number of rotatable bonds is 4. The van der Waals surface area contributed by atoms with Gasteiger partial charge in [0.2, 0.25) is 5.91 Å². The number of hydrogen-bond acceptors (Lipinski definition) is 1. The summed E-state index contributed by atoms with van der Waals surface area (Å²) >= 11 is 6.81. The minimum absolute atomic E-state index is 0.147. The van der Waals surface area contributed by atoms with Crippen LogP contribution >= 0.6 is 31.9 Å². The molecule has 4 heteroatoms. The summed E-state index contributed by atoms with van der Waals surface area (Å²) in [6.45, 7) is 2.76. The van der Waals surface area contributed by atoms with E-state index < -0.39 is 0 Å². The van der Waals surface area contributed by atoms with Crippen LogP contribution in [0, 0.1) is 0 Å². The largest absolute Gasteiger partial charge is 0.344 e. The lowest BCUT2D eigenvalue weighted by Crippen LogP contribution is -2.32. The third-order valence-electron chi connectivity index (χ3n) is 2.22. The van der Waals surface area contributed by atoms with E-state index in [0.29, 0.717) is 11.2 Å². The average Bonchev–Trinajstić information content (AvgIpc) is 2.20. The summed E-state index contributed by atoms with van der Waals surface area (Å²) in [6, 6.07) is 7.84. The molecular formula is C12H15Br2NO. The van der Waals surface area contributed by atoms with Crippen LogP contribution in [0.5, 0.6) is 0 Å². The molecule has 0 fully saturated rings. The summed E-state index contributed by atoms with van der Waals surface area (Å²) in [5.41, 5.74) is 1.04. The number of carbonyl (C=O) groups is 1. The summed E-state index contributed by atoms with van der Waals surface area (Å²) in [7, 11) is 1.83. The highest BCUT2D eigenvalue weighted by Crippen LogP contribution is 2.11. The fourth-order valence-corrected chi connectivity index (χ4v) is 2.09. The van der Waals surface area contributed by atoms with Gasteiger partial charge in [-0.2, -0.15) is 0 Å². The van der Waals surface area contributed by atoms with Crippen molar-refractivity contribution in [3.8, 4) is 0 Å². The van der Waals surface area contributed by atoms with Gasteiger partial charge in [0.05, 0.1) is 6.42 Å². The molecule has 0 spiro atoms. The van der Waals surface area contributed by atoms with E-state index in [1.807, 2.05) is 38.2 Å². The molecular weight excluding hydrogens is 334 g/mol. The Labute approximate surface area is 113 Å². The molecule has 0 aromatic heterocycles. The molecule has 0 bridgehead atoms. The molecule has 1 rings (SSSR count). The summed E-state index contributed by atoms with van der Waals surface area (Å²) in [6.07, 6.45) is 0.462. The van der Waals surface area contributed by atoms with Crippen LogP contribution in [0.25, 0.3) is 0 Å². The smallest absolute Gasteiger partial charge is 0.226 e. The van der Waals surface area contributed by atoms with Gasteiger partial charge in [-0.3, -0.25) is 4.79 Å². The van der Waals surface area contributed by atoms with Crippen molar-refractivity contribution in [1.29, 1.82) is 0 Å². The maximum absolute atomic E-state index is 11.8. The molecule has 0 aliphatic heterocycles. The van der Waals surface area contributed by atoms with Gasteiger partial charge < -0.3 is 4.90 Å². The molecule has 0 saturated carbocycles. The molecule has 0 aliphatic rings. The zero-order chi connectivity index (χ0) is 12.1. The van der Waals surface area contributed by atoms with Crippen LogP contribution < -0.4 is 0 Å². The second-order valence-electron chi connectivity index (χ2n) is 3.86. The van der Waals surface area contributed by atoms with Gasteiger partial charge in [-0.15, -0.1) is 0 Å². The standard InChI is InChI=1S/C12H15Br2NO/c1-9(13)8-15(2)12(16)7-10-3-5-11(14)6-4-10/h3-6,9H,7-8H2,1-2H3. The summed E-state index contributed by atoms with van der Waals surface area (Å²) in [5, 5.41) is 0. The number of benzene rings is 1. The third-order valence-corrected chi connectivity index (χ3v) is 3.04. The lowest BCUT2D eigenvalue weighted by molar-refractivity contribution is -0.129. The van der Waals surface area contributed by atoms with E-state index >= 15 is 0 Å². The van der Waals surface area contributed by atoms with Crippen LogP contribution in [-0.4, -0.2) is 29.2 Å². The van der Waals surface area contributed by atoms with Crippen molar-refractivity contribution >= 4 is 37.8 Å². The minimum atomic E-state index is 0.147. The Kier molecular flexibility index (Phi) is 5.49. The molecule has 0 saturated heterocycles. The van der Waals surface area contributed by atoms with E-state index in [0.717, 1.165) is 16.6 Å². The number of likely N-dealkylation sites (N-methyl/N-ethyl adjacent to an activating group) is 1. The van der Waals surface area contributed by atoms with E-state index in [4.69, 9.17) is 0 Å². The van der Waals surface area contributed by atoms with E-state index in [-0.39, 0.29) is 5.91 Å². The first-order chi connectivity index (χ1) is 7.49. The van der Waals surface area contributed by atoms with Crippen molar-refractivity contribution in [2.24, 2.45) is 0 Å². The second kappa shape index (κ2) is 6.40. The first kappa shape index (κ1) is 13.7. The van der Waals surface area contributed by atoms with Gasteiger partial charge in [-0.25, -0.2) is 0 Å². The summed E-state index contributed by atoms with van der Waals surface area (Å²) < 4.78 is 1.03. The van der Waals surface area contributed by atoms with Crippen molar-refractivity contribution < 1.29 is 4.79 Å². The summed E-state index contributed by atoms with van der Waals surface area (Å²) in [5.74, 6) is 0.147. The number of amides is 1. The second-order valence-corrected chi connectivity index (χ2v) is 6.34. The maximum Gasteiger partial charge on any atom is 0.226 e. The first-order valence-corrected chi connectivity index (χ1v) is 6.82. The van der Waals surface area contributed by atoms with Crippen molar-refractivity contribution in [2.45, 2.75) is 18.2 Å². The van der Waals surface area contributed by atoms with Crippen LogP contribution in [0.15, 0.2) is 28.7 Å². The number of alkyl halides is 1. The van der Waals surface area contributed by atoms with Crippen LogP contribution in [0.1, 0.15) is 12.5 Å². The lowest BCUT2D eigenvalue weighted by atomic mass is 10.1. The molecule has 1 amide bonds. The molecule has 2 nitrogen and oxygen atoms in total. The third kappa shape index (κ3) is 4.66. The van der Waals surface area contributed by atoms with Crippen LogP contribution in [0.3, 0.4) is 0 Å². The SMILES string of the molecule is CC(Br)CN(C)C(=O)Cc1ccc(Br)cc1. The van der Waals surface area contributed by atoms with Crippen LogP contribution in [0.2, 0.25) is 0 Å². The Bertz CT molecular complexity index is 349. The highest BCUT2D eigenvalue weighted by atomic mass is 79.9. The Morgan fingerprint density at radius 3 is 2.44 bits per heavy atom. The molecule has 16 heavy (non-hydrogen) atoms. The molecule has 1 atom stereocenters. The van der Waals surface area contributed by atoms with E-state index in [9.17, 15) is 4.79 Å². The lowest BCUT2D eigenvalue weighted by Gasteiger charge is -2.18. The Hall–Kier alpha value is -0.350. The zero-order valence-electron chi connectivity index (χ0n) is 9.41. The van der Waals surface area contributed by atoms with Crippen LogP contribution in [0.4, 0.5) is 0 Å². The maximum atomic E-state index is 11.8. The quantitative estimate of drug-likeness (QED) is 0.765. The van der Waals surface area contributed by atoms with Crippen LogP contribution in [-0.2, 0) is 11.2 Å². The van der Waals surface area contributed by atoms with Gasteiger partial charge in [-0.05, 0) is 17.7 Å².